The van der Waals surface area contributed by atoms with Gasteiger partial charge >= 0.3 is 0 Å². The van der Waals surface area contributed by atoms with Gasteiger partial charge in [-0.15, -0.1) is 0 Å². The van der Waals surface area contributed by atoms with Crippen LogP contribution in [0.25, 0.3) is 0 Å². The minimum absolute atomic E-state index is 0.127. The normalized spacial score (nSPS) is 17.8. The molecular formula is C11H25NO2. The van der Waals surface area contributed by atoms with E-state index in [2.05, 4.69) is 13.8 Å². The monoisotopic (exact) mass is 203 g/mol. The minimum atomic E-state index is -0.127. The zero-order valence-electron chi connectivity index (χ0n) is 9.95. The van der Waals surface area contributed by atoms with Crippen LogP contribution >= 0.6 is 0 Å². The molecule has 0 aliphatic heterocycles. The summed E-state index contributed by atoms with van der Waals surface area (Å²) in [7, 11) is 0. The molecule has 0 saturated carbocycles. The number of rotatable bonds is 8. The van der Waals surface area contributed by atoms with Crippen molar-refractivity contribution in [3.05, 3.63) is 0 Å². The largest absolute Gasteiger partial charge is 0.350 e. The molecule has 0 aliphatic carbocycles. The fourth-order valence-corrected chi connectivity index (χ4v) is 1.46. The van der Waals surface area contributed by atoms with E-state index in [0.29, 0.717) is 6.54 Å². The fraction of sp³-hybridized carbons (Fsp3) is 1.00. The highest BCUT2D eigenvalue weighted by Crippen LogP contribution is 2.08. The molecule has 3 heteroatoms. The van der Waals surface area contributed by atoms with Gasteiger partial charge in [0.15, 0.2) is 6.29 Å². The van der Waals surface area contributed by atoms with Crippen LogP contribution < -0.4 is 5.73 Å². The summed E-state index contributed by atoms with van der Waals surface area (Å²) in [5.74, 6) is 0. The van der Waals surface area contributed by atoms with Crippen molar-refractivity contribution in [2.24, 2.45) is 5.73 Å². The van der Waals surface area contributed by atoms with Crippen molar-refractivity contribution < 1.29 is 9.47 Å². The molecule has 0 saturated heterocycles. The first-order chi connectivity index (χ1) is 6.60. The van der Waals surface area contributed by atoms with Gasteiger partial charge in [-0.3, -0.25) is 0 Å². The third kappa shape index (κ3) is 7.30. The van der Waals surface area contributed by atoms with Gasteiger partial charge < -0.3 is 15.2 Å². The Hall–Kier alpha value is -0.120. The van der Waals surface area contributed by atoms with Crippen LogP contribution in [0.5, 0.6) is 0 Å². The molecule has 3 unspecified atom stereocenters. The molecule has 0 spiro atoms. The second kappa shape index (κ2) is 8.21. The van der Waals surface area contributed by atoms with E-state index < -0.39 is 0 Å². The molecule has 0 heterocycles. The molecule has 3 nitrogen and oxygen atoms in total. The Bertz CT molecular complexity index is 116. The smallest absolute Gasteiger partial charge is 0.155 e. The average molecular weight is 203 g/mol. The van der Waals surface area contributed by atoms with Gasteiger partial charge in [0, 0.05) is 0 Å². The van der Waals surface area contributed by atoms with Crippen molar-refractivity contribution in [2.45, 2.75) is 65.5 Å². The van der Waals surface area contributed by atoms with Gasteiger partial charge in [-0.25, -0.2) is 0 Å². The summed E-state index contributed by atoms with van der Waals surface area (Å²) in [4.78, 5) is 0. The van der Waals surface area contributed by atoms with E-state index in [0.717, 1.165) is 19.3 Å². The second-order valence-electron chi connectivity index (χ2n) is 3.83. The molecule has 0 aromatic heterocycles. The third-order valence-corrected chi connectivity index (χ3v) is 2.12. The highest BCUT2D eigenvalue weighted by molar-refractivity contribution is 4.53. The van der Waals surface area contributed by atoms with Gasteiger partial charge in [0.2, 0.25) is 0 Å². The lowest BCUT2D eigenvalue weighted by Crippen LogP contribution is -2.25. The van der Waals surface area contributed by atoms with Crippen molar-refractivity contribution in [1.29, 1.82) is 0 Å². The van der Waals surface area contributed by atoms with Gasteiger partial charge in [0.25, 0.3) is 0 Å². The van der Waals surface area contributed by atoms with Crippen molar-refractivity contribution in [3.8, 4) is 0 Å². The molecule has 86 valence electrons. The van der Waals surface area contributed by atoms with Crippen LogP contribution in [0.15, 0.2) is 0 Å². The second-order valence-corrected chi connectivity index (χ2v) is 3.83. The predicted molar refractivity (Wildman–Crippen MR) is 59.1 cm³/mol. The maximum atomic E-state index is 5.64. The Morgan fingerprint density at radius 2 is 1.50 bits per heavy atom. The summed E-state index contributed by atoms with van der Waals surface area (Å²) in [5.41, 5.74) is 5.43. The third-order valence-electron chi connectivity index (χ3n) is 2.12. The lowest BCUT2D eigenvalue weighted by atomic mass is 10.2. The van der Waals surface area contributed by atoms with Crippen molar-refractivity contribution in [1.82, 2.24) is 0 Å². The quantitative estimate of drug-likeness (QED) is 0.616. The summed E-state index contributed by atoms with van der Waals surface area (Å²) in [5, 5.41) is 0. The zero-order chi connectivity index (χ0) is 11.0. The molecule has 0 aromatic carbocycles. The zero-order valence-corrected chi connectivity index (χ0v) is 9.95. The fourth-order valence-electron chi connectivity index (χ4n) is 1.46. The predicted octanol–water partition coefficient (Wildman–Crippen LogP) is 2.29. The van der Waals surface area contributed by atoms with Crippen LogP contribution in [-0.4, -0.2) is 25.0 Å². The SMILES string of the molecule is CCCC(C)OC(C)OC(C)CCN. The summed E-state index contributed by atoms with van der Waals surface area (Å²) < 4.78 is 11.3. The van der Waals surface area contributed by atoms with E-state index in [1.807, 2.05) is 13.8 Å². The molecule has 0 aromatic rings. The van der Waals surface area contributed by atoms with Crippen LogP contribution in [-0.2, 0) is 9.47 Å². The van der Waals surface area contributed by atoms with Crippen molar-refractivity contribution >= 4 is 0 Å². The van der Waals surface area contributed by atoms with E-state index in [1.54, 1.807) is 0 Å². The Morgan fingerprint density at radius 1 is 1.00 bits per heavy atom. The molecular weight excluding hydrogens is 178 g/mol. The molecule has 0 radical (unpaired) electrons. The highest BCUT2D eigenvalue weighted by Gasteiger charge is 2.11. The maximum absolute atomic E-state index is 5.64. The summed E-state index contributed by atoms with van der Waals surface area (Å²) in [6.45, 7) is 8.87. The van der Waals surface area contributed by atoms with E-state index in [1.165, 1.54) is 0 Å². The Labute approximate surface area is 88.0 Å². The highest BCUT2D eigenvalue weighted by atomic mass is 16.7. The molecule has 0 fully saturated rings. The first-order valence-corrected chi connectivity index (χ1v) is 5.61. The summed E-state index contributed by atoms with van der Waals surface area (Å²) >= 11 is 0. The van der Waals surface area contributed by atoms with E-state index >= 15 is 0 Å². The number of nitrogens with two attached hydrogens (primary N) is 1. The van der Waals surface area contributed by atoms with Gasteiger partial charge in [-0.2, -0.15) is 0 Å². The van der Waals surface area contributed by atoms with E-state index in [-0.39, 0.29) is 18.5 Å². The summed E-state index contributed by atoms with van der Waals surface area (Å²) in [6.07, 6.45) is 3.45. The Morgan fingerprint density at radius 3 is 1.93 bits per heavy atom. The standard InChI is InChI=1S/C11H25NO2/c1-5-6-9(2)13-11(4)14-10(3)7-8-12/h9-11H,5-8,12H2,1-4H3. The van der Waals surface area contributed by atoms with Gasteiger partial charge in [0.05, 0.1) is 12.2 Å². The Balaban J connectivity index is 3.57. The van der Waals surface area contributed by atoms with Crippen LogP contribution in [0.2, 0.25) is 0 Å². The van der Waals surface area contributed by atoms with Gasteiger partial charge in [-0.1, -0.05) is 13.3 Å². The van der Waals surface area contributed by atoms with E-state index in [9.17, 15) is 0 Å². The van der Waals surface area contributed by atoms with Crippen LogP contribution in [0.3, 0.4) is 0 Å². The molecule has 0 bridgehead atoms. The number of hydrogen-bond acceptors (Lipinski definition) is 3. The molecule has 0 aliphatic rings. The van der Waals surface area contributed by atoms with Crippen molar-refractivity contribution in [3.63, 3.8) is 0 Å². The molecule has 0 amide bonds. The van der Waals surface area contributed by atoms with Crippen LogP contribution in [0.4, 0.5) is 0 Å². The molecule has 14 heavy (non-hydrogen) atoms. The molecule has 0 rings (SSSR count). The first kappa shape index (κ1) is 13.9. The van der Waals surface area contributed by atoms with E-state index in [4.69, 9.17) is 15.2 Å². The van der Waals surface area contributed by atoms with Crippen LogP contribution in [0.1, 0.15) is 47.0 Å². The first-order valence-electron chi connectivity index (χ1n) is 5.61. The topological polar surface area (TPSA) is 44.5 Å². The number of ether oxygens (including phenoxy) is 2. The van der Waals surface area contributed by atoms with Gasteiger partial charge in [0.1, 0.15) is 0 Å². The lowest BCUT2D eigenvalue weighted by molar-refractivity contribution is -0.178. The maximum Gasteiger partial charge on any atom is 0.155 e. The summed E-state index contributed by atoms with van der Waals surface area (Å²) in [6, 6.07) is 0. The lowest BCUT2D eigenvalue weighted by Gasteiger charge is -2.22. The van der Waals surface area contributed by atoms with Crippen LogP contribution in [0, 0.1) is 0 Å². The molecule has 2 N–H and O–H groups in total. The van der Waals surface area contributed by atoms with Gasteiger partial charge in [-0.05, 0) is 40.2 Å². The Kier molecular flexibility index (Phi) is 8.14. The molecule has 3 atom stereocenters. The number of hydrogen-bond donors (Lipinski definition) is 1. The average Bonchev–Trinajstić information content (AvgIpc) is 2.03. The van der Waals surface area contributed by atoms with Crippen molar-refractivity contribution in [2.75, 3.05) is 6.54 Å². The minimum Gasteiger partial charge on any atom is -0.350 e.